The third kappa shape index (κ3) is 2.67. The predicted molar refractivity (Wildman–Crippen MR) is 30.8 cm³/mol. The SMILES string of the molecule is NSC(=O)C(=O)S. The van der Waals surface area contributed by atoms with Crippen LogP contribution in [-0.2, 0) is 9.59 Å². The van der Waals surface area contributed by atoms with Gasteiger partial charge in [-0.05, 0) is 0 Å². The van der Waals surface area contributed by atoms with E-state index in [2.05, 4.69) is 17.8 Å². The van der Waals surface area contributed by atoms with Crippen LogP contribution in [0.15, 0.2) is 0 Å². The zero-order valence-electron chi connectivity index (χ0n) is 3.25. The van der Waals surface area contributed by atoms with Crippen LogP contribution in [-0.4, -0.2) is 10.2 Å². The molecule has 0 aliphatic carbocycles. The maximum Gasteiger partial charge on any atom is 0.280 e. The zero-order valence-corrected chi connectivity index (χ0v) is 4.96. The monoisotopic (exact) mass is 137 g/mol. The average molecular weight is 137 g/mol. The van der Waals surface area contributed by atoms with Gasteiger partial charge >= 0.3 is 0 Å². The van der Waals surface area contributed by atoms with Crippen LogP contribution in [0.2, 0.25) is 0 Å². The van der Waals surface area contributed by atoms with E-state index < -0.39 is 10.2 Å². The summed E-state index contributed by atoms with van der Waals surface area (Å²) in [5.74, 6) is 0. The normalized spacial score (nSPS) is 8.29. The van der Waals surface area contributed by atoms with Gasteiger partial charge in [-0.1, -0.05) is 12.6 Å². The standard InChI is InChI=1S/C2H3NO2S2/c3-7-2(5)1(4)6/h3H2,(H,4,6). The molecule has 7 heavy (non-hydrogen) atoms. The fraction of sp³-hybridized carbons (Fsp3) is 0. The minimum atomic E-state index is -0.812. The minimum Gasteiger partial charge on any atom is -0.277 e. The van der Waals surface area contributed by atoms with Crippen molar-refractivity contribution in [2.24, 2.45) is 5.14 Å². The molecule has 0 fully saturated rings. The van der Waals surface area contributed by atoms with Crippen molar-refractivity contribution in [1.82, 2.24) is 0 Å². The van der Waals surface area contributed by atoms with Crippen LogP contribution in [0.4, 0.5) is 0 Å². The van der Waals surface area contributed by atoms with Crippen LogP contribution in [0.1, 0.15) is 0 Å². The van der Waals surface area contributed by atoms with Gasteiger partial charge in [-0.25, -0.2) is 0 Å². The second kappa shape index (κ2) is 3.06. The molecule has 0 amide bonds. The summed E-state index contributed by atoms with van der Waals surface area (Å²) in [4.78, 5) is 19.7. The van der Waals surface area contributed by atoms with Crippen LogP contribution >= 0.6 is 24.6 Å². The van der Waals surface area contributed by atoms with Gasteiger partial charge in [0.1, 0.15) is 0 Å². The summed E-state index contributed by atoms with van der Waals surface area (Å²) in [6.07, 6.45) is 0. The molecule has 0 saturated heterocycles. The van der Waals surface area contributed by atoms with Crippen molar-refractivity contribution in [3.8, 4) is 0 Å². The molecule has 0 unspecified atom stereocenters. The molecule has 5 heteroatoms. The Kier molecular flexibility index (Phi) is 3.06. The van der Waals surface area contributed by atoms with E-state index >= 15 is 0 Å². The highest BCUT2D eigenvalue weighted by molar-refractivity contribution is 8.18. The molecule has 0 atom stereocenters. The Labute approximate surface area is 50.2 Å². The van der Waals surface area contributed by atoms with E-state index in [-0.39, 0.29) is 0 Å². The summed E-state index contributed by atoms with van der Waals surface area (Å²) < 4.78 is 0. The van der Waals surface area contributed by atoms with Crippen molar-refractivity contribution < 1.29 is 9.59 Å². The summed E-state index contributed by atoms with van der Waals surface area (Å²) in [7, 11) is 0. The predicted octanol–water partition coefficient (Wildman–Crippen LogP) is -0.424. The van der Waals surface area contributed by atoms with Gasteiger partial charge in [0, 0.05) is 11.9 Å². The Hall–Kier alpha value is -0.0000000000000000555. The number of carbonyl (C=O) groups excluding carboxylic acids is 2. The van der Waals surface area contributed by atoms with E-state index in [0.29, 0.717) is 11.9 Å². The van der Waals surface area contributed by atoms with E-state index in [0.717, 1.165) is 0 Å². The molecule has 0 spiro atoms. The highest BCUT2D eigenvalue weighted by atomic mass is 32.2. The van der Waals surface area contributed by atoms with E-state index in [1.807, 2.05) is 0 Å². The van der Waals surface area contributed by atoms with E-state index in [1.54, 1.807) is 0 Å². The highest BCUT2D eigenvalue weighted by Gasteiger charge is 2.04. The largest absolute Gasteiger partial charge is 0.280 e. The molecule has 0 saturated carbocycles. The highest BCUT2D eigenvalue weighted by Crippen LogP contribution is 1.91. The molecule has 3 nitrogen and oxygen atoms in total. The quantitative estimate of drug-likeness (QED) is 0.292. The first-order valence-corrected chi connectivity index (χ1v) is 2.65. The maximum atomic E-state index is 9.92. The Morgan fingerprint density at radius 2 is 2.00 bits per heavy atom. The molecule has 0 aliphatic heterocycles. The van der Waals surface area contributed by atoms with Crippen molar-refractivity contribution in [3.63, 3.8) is 0 Å². The molecular formula is C2H3NO2S2. The lowest BCUT2D eigenvalue weighted by Crippen LogP contribution is -2.03. The van der Waals surface area contributed by atoms with E-state index in [4.69, 9.17) is 0 Å². The smallest absolute Gasteiger partial charge is 0.277 e. The molecule has 0 aromatic rings. The Morgan fingerprint density at radius 1 is 1.57 bits per heavy atom. The summed E-state index contributed by atoms with van der Waals surface area (Å²) in [5, 5.41) is 3.12. The molecule has 0 rings (SSSR count). The van der Waals surface area contributed by atoms with Gasteiger partial charge in [-0.3, -0.25) is 14.7 Å². The second-order valence-electron chi connectivity index (χ2n) is 0.710. The summed E-state index contributed by atoms with van der Waals surface area (Å²) >= 11 is 3.55. The van der Waals surface area contributed by atoms with Crippen LogP contribution in [0, 0.1) is 0 Å². The fourth-order valence-corrected chi connectivity index (χ4v) is 0.309. The summed E-state index contributed by atoms with van der Waals surface area (Å²) in [5.41, 5.74) is 0. The summed E-state index contributed by atoms with van der Waals surface area (Å²) in [6, 6.07) is 0. The Balaban J connectivity index is 3.58. The fourth-order valence-electron chi connectivity index (χ4n) is 0.0504. The molecule has 2 N–H and O–H groups in total. The van der Waals surface area contributed by atoms with Gasteiger partial charge in [-0.2, -0.15) is 0 Å². The van der Waals surface area contributed by atoms with Crippen molar-refractivity contribution in [2.45, 2.75) is 0 Å². The van der Waals surface area contributed by atoms with Gasteiger partial charge in [0.2, 0.25) is 0 Å². The molecule has 0 radical (unpaired) electrons. The summed E-state index contributed by atoms with van der Waals surface area (Å²) in [6.45, 7) is 0. The van der Waals surface area contributed by atoms with Crippen LogP contribution in [0.25, 0.3) is 0 Å². The molecule has 0 bridgehead atoms. The topological polar surface area (TPSA) is 60.2 Å². The molecule has 0 aromatic heterocycles. The molecule has 0 aromatic carbocycles. The van der Waals surface area contributed by atoms with Gasteiger partial charge in [0.05, 0.1) is 0 Å². The first-order valence-electron chi connectivity index (χ1n) is 1.32. The number of nitrogens with two attached hydrogens (primary N) is 1. The van der Waals surface area contributed by atoms with Gasteiger partial charge in [0.25, 0.3) is 10.2 Å². The van der Waals surface area contributed by atoms with Crippen molar-refractivity contribution in [2.75, 3.05) is 0 Å². The molecule has 0 aliphatic rings. The zero-order chi connectivity index (χ0) is 5.86. The average Bonchev–Trinajstić information content (AvgIpc) is 1.65. The number of carbonyl (C=O) groups is 2. The maximum absolute atomic E-state index is 9.92. The van der Waals surface area contributed by atoms with Crippen molar-refractivity contribution >= 4 is 34.8 Å². The first-order chi connectivity index (χ1) is 3.18. The van der Waals surface area contributed by atoms with Crippen molar-refractivity contribution in [1.29, 1.82) is 0 Å². The number of rotatable bonds is 1. The van der Waals surface area contributed by atoms with Crippen LogP contribution < -0.4 is 5.14 Å². The third-order valence-corrected chi connectivity index (χ3v) is 1.04. The number of hydrogen-bond donors (Lipinski definition) is 2. The lowest BCUT2D eigenvalue weighted by molar-refractivity contribution is -0.126. The molecular weight excluding hydrogens is 134 g/mol. The molecule has 0 heterocycles. The van der Waals surface area contributed by atoms with E-state index in [1.165, 1.54) is 0 Å². The third-order valence-electron chi connectivity index (χ3n) is 0.282. The number of thiol groups is 1. The molecule has 40 valence electrons. The lowest BCUT2D eigenvalue weighted by atomic mass is 10.9. The lowest BCUT2D eigenvalue weighted by Gasteiger charge is -1.80. The van der Waals surface area contributed by atoms with Gasteiger partial charge < -0.3 is 0 Å². The van der Waals surface area contributed by atoms with Gasteiger partial charge in [-0.15, -0.1) is 0 Å². The number of hydrogen-bond acceptors (Lipinski definition) is 4. The van der Waals surface area contributed by atoms with Crippen molar-refractivity contribution in [3.05, 3.63) is 0 Å². The minimum absolute atomic E-state index is 0.368. The Bertz CT molecular complexity index is 102. The van der Waals surface area contributed by atoms with Crippen LogP contribution in [0.3, 0.4) is 0 Å². The Morgan fingerprint density at radius 3 is 2.00 bits per heavy atom. The van der Waals surface area contributed by atoms with Gasteiger partial charge in [0.15, 0.2) is 0 Å². The van der Waals surface area contributed by atoms with E-state index in [9.17, 15) is 9.59 Å². The first kappa shape index (κ1) is 7.00. The van der Waals surface area contributed by atoms with Crippen LogP contribution in [0.5, 0.6) is 0 Å². The second-order valence-corrected chi connectivity index (χ2v) is 1.72.